The van der Waals surface area contributed by atoms with Crippen LogP contribution in [0.15, 0.2) is 4.42 Å². The van der Waals surface area contributed by atoms with Crippen molar-refractivity contribution >= 4 is 10.0 Å². The number of oxazole rings is 1. The molecule has 110 valence electrons. The van der Waals surface area contributed by atoms with Crippen LogP contribution in [0.4, 0.5) is 0 Å². The van der Waals surface area contributed by atoms with Gasteiger partial charge in [0.2, 0.25) is 15.9 Å². The minimum atomic E-state index is -3.36. The number of aryl methyl sites for hydroxylation is 2. The number of sulfonamides is 1. The van der Waals surface area contributed by atoms with E-state index in [-0.39, 0.29) is 6.54 Å². The molecule has 7 heteroatoms. The van der Waals surface area contributed by atoms with E-state index in [0.29, 0.717) is 18.2 Å². The van der Waals surface area contributed by atoms with Crippen molar-refractivity contribution in [3.8, 4) is 0 Å². The SMILES string of the molecule is CCCNCC(C)S(=O)(=O)NCc1nc(C)c(C)o1. The van der Waals surface area contributed by atoms with E-state index in [2.05, 4.69) is 15.0 Å². The van der Waals surface area contributed by atoms with E-state index < -0.39 is 15.3 Å². The largest absolute Gasteiger partial charge is 0.444 e. The number of hydrogen-bond donors (Lipinski definition) is 2. The lowest BCUT2D eigenvalue weighted by molar-refractivity contribution is 0.461. The summed E-state index contributed by atoms with van der Waals surface area (Å²) in [5.41, 5.74) is 0.784. The molecule has 0 radical (unpaired) electrons. The third-order valence-corrected chi connectivity index (χ3v) is 4.66. The molecule has 0 aliphatic carbocycles. The maximum atomic E-state index is 12.0. The number of rotatable bonds is 8. The first-order valence-corrected chi connectivity index (χ1v) is 8.03. The van der Waals surface area contributed by atoms with Crippen molar-refractivity contribution in [2.75, 3.05) is 13.1 Å². The monoisotopic (exact) mass is 289 g/mol. The molecule has 0 aliphatic rings. The van der Waals surface area contributed by atoms with E-state index in [1.807, 2.05) is 13.8 Å². The summed E-state index contributed by atoms with van der Waals surface area (Å²) in [6, 6.07) is 0. The van der Waals surface area contributed by atoms with Gasteiger partial charge in [-0.15, -0.1) is 0 Å². The molecule has 0 spiro atoms. The van der Waals surface area contributed by atoms with E-state index in [4.69, 9.17) is 4.42 Å². The Balaban J connectivity index is 2.50. The van der Waals surface area contributed by atoms with Gasteiger partial charge in [0.25, 0.3) is 0 Å². The van der Waals surface area contributed by atoms with Crippen LogP contribution < -0.4 is 10.0 Å². The summed E-state index contributed by atoms with van der Waals surface area (Å²) in [7, 11) is -3.36. The maximum absolute atomic E-state index is 12.0. The Labute approximate surface area is 115 Å². The molecule has 0 bridgehead atoms. The molecule has 1 rings (SSSR count). The Kier molecular flexibility index (Phi) is 5.96. The van der Waals surface area contributed by atoms with Gasteiger partial charge in [-0.2, -0.15) is 0 Å². The Hall–Kier alpha value is -0.920. The molecule has 2 N–H and O–H groups in total. The summed E-state index contributed by atoms with van der Waals surface area (Å²) in [4.78, 5) is 4.14. The normalized spacial score (nSPS) is 13.7. The molecular weight excluding hydrogens is 266 g/mol. The van der Waals surface area contributed by atoms with Crippen LogP contribution in [0.5, 0.6) is 0 Å². The molecule has 0 saturated heterocycles. The quantitative estimate of drug-likeness (QED) is 0.700. The van der Waals surface area contributed by atoms with Crippen LogP contribution in [0.3, 0.4) is 0 Å². The van der Waals surface area contributed by atoms with E-state index in [1.165, 1.54) is 0 Å². The molecule has 1 aromatic rings. The third kappa shape index (κ3) is 4.93. The van der Waals surface area contributed by atoms with Crippen molar-refractivity contribution in [2.24, 2.45) is 0 Å². The summed E-state index contributed by atoms with van der Waals surface area (Å²) < 4.78 is 31.8. The highest BCUT2D eigenvalue weighted by molar-refractivity contribution is 7.90. The first kappa shape index (κ1) is 16.1. The van der Waals surface area contributed by atoms with Gasteiger partial charge in [0.1, 0.15) is 5.76 Å². The third-order valence-electron chi connectivity index (χ3n) is 2.89. The van der Waals surface area contributed by atoms with Gasteiger partial charge in [-0.25, -0.2) is 18.1 Å². The van der Waals surface area contributed by atoms with Gasteiger partial charge in [0.15, 0.2) is 0 Å². The van der Waals surface area contributed by atoms with Crippen molar-refractivity contribution in [3.05, 3.63) is 17.3 Å². The van der Waals surface area contributed by atoms with Crippen molar-refractivity contribution in [1.29, 1.82) is 0 Å². The fraction of sp³-hybridized carbons (Fsp3) is 0.750. The Morgan fingerprint density at radius 1 is 1.37 bits per heavy atom. The highest BCUT2D eigenvalue weighted by atomic mass is 32.2. The minimum absolute atomic E-state index is 0.0924. The Morgan fingerprint density at radius 2 is 2.05 bits per heavy atom. The molecule has 19 heavy (non-hydrogen) atoms. The standard InChI is InChI=1S/C12H23N3O3S/c1-5-6-13-7-9(2)19(16,17)14-8-12-15-10(3)11(4)18-12/h9,13-14H,5-8H2,1-4H3. The molecule has 1 atom stereocenters. The van der Waals surface area contributed by atoms with Crippen molar-refractivity contribution < 1.29 is 12.8 Å². The minimum Gasteiger partial charge on any atom is -0.444 e. The van der Waals surface area contributed by atoms with E-state index in [9.17, 15) is 8.42 Å². The highest BCUT2D eigenvalue weighted by Gasteiger charge is 2.20. The van der Waals surface area contributed by atoms with Crippen LogP contribution in [-0.4, -0.2) is 31.7 Å². The summed E-state index contributed by atoms with van der Waals surface area (Å²) in [5.74, 6) is 1.11. The lowest BCUT2D eigenvalue weighted by Crippen LogP contribution is -2.38. The summed E-state index contributed by atoms with van der Waals surface area (Å²) in [6.07, 6.45) is 0.981. The second-order valence-electron chi connectivity index (χ2n) is 4.63. The average Bonchev–Trinajstić information content (AvgIpc) is 2.67. The van der Waals surface area contributed by atoms with Gasteiger partial charge in [-0.3, -0.25) is 0 Å². The van der Waals surface area contributed by atoms with Crippen LogP contribution in [0.25, 0.3) is 0 Å². The van der Waals surface area contributed by atoms with E-state index in [1.54, 1.807) is 13.8 Å². The number of hydrogen-bond acceptors (Lipinski definition) is 5. The second kappa shape index (κ2) is 7.02. The number of aromatic nitrogens is 1. The lowest BCUT2D eigenvalue weighted by atomic mass is 10.4. The van der Waals surface area contributed by atoms with Gasteiger partial charge < -0.3 is 9.73 Å². The fourth-order valence-electron chi connectivity index (χ4n) is 1.51. The van der Waals surface area contributed by atoms with Crippen molar-refractivity contribution in [3.63, 3.8) is 0 Å². The van der Waals surface area contributed by atoms with Gasteiger partial charge in [0, 0.05) is 6.54 Å². The summed E-state index contributed by atoms with van der Waals surface area (Å²) in [5, 5.41) is 2.60. The predicted molar refractivity (Wildman–Crippen MR) is 74.4 cm³/mol. The Morgan fingerprint density at radius 3 is 2.58 bits per heavy atom. The molecule has 0 aliphatic heterocycles. The molecule has 1 heterocycles. The van der Waals surface area contributed by atoms with Crippen LogP contribution in [-0.2, 0) is 16.6 Å². The molecule has 1 unspecified atom stereocenters. The highest BCUT2D eigenvalue weighted by Crippen LogP contribution is 2.08. The molecule has 6 nitrogen and oxygen atoms in total. The second-order valence-corrected chi connectivity index (χ2v) is 6.81. The molecular formula is C12H23N3O3S. The maximum Gasteiger partial charge on any atom is 0.215 e. The lowest BCUT2D eigenvalue weighted by Gasteiger charge is -2.13. The average molecular weight is 289 g/mol. The summed E-state index contributed by atoms with van der Waals surface area (Å²) >= 11 is 0. The first-order valence-electron chi connectivity index (χ1n) is 6.49. The van der Waals surface area contributed by atoms with Crippen LogP contribution in [0, 0.1) is 13.8 Å². The number of nitrogens with one attached hydrogen (secondary N) is 2. The smallest absolute Gasteiger partial charge is 0.215 e. The molecule has 0 amide bonds. The first-order chi connectivity index (χ1) is 8.86. The fourth-order valence-corrected chi connectivity index (χ4v) is 2.46. The zero-order valence-corrected chi connectivity index (χ0v) is 12.8. The number of nitrogens with zero attached hydrogens (tertiary/aromatic N) is 1. The Bertz CT molecular complexity index is 477. The van der Waals surface area contributed by atoms with Gasteiger partial charge in [-0.05, 0) is 33.7 Å². The molecule has 0 saturated carbocycles. The topological polar surface area (TPSA) is 84.2 Å². The van der Waals surface area contributed by atoms with Gasteiger partial charge in [-0.1, -0.05) is 6.92 Å². The van der Waals surface area contributed by atoms with Crippen molar-refractivity contribution in [2.45, 2.75) is 45.9 Å². The predicted octanol–water partition coefficient (Wildman–Crippen LogP) is 1.10. The summed E-state index contributed by atoms with van der Waals surface area (Å²) in [6.45, 7) is 8.69. The van der Waals surface area contributed by atoms with Crippen LogP contribution >= 0.6 is 0 Å². The zero-order valence-electron chi connectivity index (χ0n) is 12.0. The molecule has 0 fully saturated rings. The van der Waals surface area contributed by atoms with Gasteiger partial charge in [0.05, 0.1) is 17.5 Å². The van der Waals surface area contributed by atoms with Crippen LogP contribution in [0.1, 0.15) is 37.6 Å². The molecule has 1 aromatic heterocycles. The van der Waals surface area contributed by atoms with E-state index >= 15 is 0 Å². The van der Waals surface area contributed by atoms with Crippen LogP contribution in [0.2, 0.25) is 0 Å². The van der Waals surface area contributed by atoms with Gasteiger partial charge >= 0.3 is 0 Å². The van der Waals surface area contributed by atoms with Crippen molar-refractivity contribution in [1.82, 2.24) is 15.0 Å². The zero-order chi connectivity index (χ0) is 14.5. The van der Waals surface area contributed by atoms with E-state index in [0.717, 1.165) is 18.7 Å². The molecule has 0 aromatic carbocycles.